The number of nitrogens with zero attached hydrogens (tertiary/aromatic N) is 3. The van der Waals surface area contributed by atoms with Gasteiger partial charge in [-0.2, -0.15) is 9.78 Å². The van der Waals surface area contributed by atoms with Crippen molar-refractivity contribution in [3.05, 3.63) is 75.0 Å². The second kappa shape index (κ2) is 7.09. The van der Waals surface area contributed by atoms with Crippen LogP contribution in [0.15, 0.2) is 56.7 Å². The summed E-state index contributed by atoms with van der Waals surface area (Å²) in [6.07, 6.45) is 1.47. The number of aromatic nitrogens is 3. The lowest BCUT2D eigenvalue weighted by molar-refractivity contribution is 0.0938. The van der Waals surface area contributed by atoms with Crippen molar-refractivity contribution in [2.45, 2.75) is 6.54 Å². The van der Waals surface area contributed by atoms with Crippen LogP contribution in [-0.4, -0.2) is 27.4 Å². The molecule has 2 heterocycles. The molecule has 0 aliphatic rings. The molecule has 1 amide bonds. The van der Waals surface area contributed by atoms with Crippen LogP contribution in [0.2, 0.25) is 0 Å². The number of carbonyl (C=O) groups excluding carboxylic acids is 1. The maximum atomic E-state index is 12.3. The van der Waals surface area contributed by atoms with Crippen molar-refractivity contribution >= 4 is 5.91 Å². The van der Waals surface area contributed by atoms with Crippen LogP contribution in [0.3, 0.4) is 0 Å². The smallest absolute Gasteiger partial charge is 0.351 e. The number of carbonyl (C=O) groups is 1. The molecule has 3 rings (SSSR count). The fourth-order valence-electron chi connectivity index (χ4n) is 2.27. The van der Waals surface area contributed by atoms with Crippen molar-refractivity contribution in [1.82, 2.24) is 19.7 Å². The van der Waals surface area contributed by atoms with E-state index in [1.54, 1.807) is 36.4 Å². The zero-order chi connectivity index (χ0) is 18.7. The van der Waals surface area contributed by atoms with Gasteiger partial charge in [-0.15, -0.1) is 0 Å². The third-order valence-electron chi connectivity index (χ3n) is 3.71. The van der Waals surface area contributed by atoms with E-state index in [9.17, 15) is 14.4 Å². The summed E-state index contributed by atoms with van der Waals surface area (Å²) >= 11 is 0. The highest BCUT2D eigenvalue weighted by atomic mass is 16.5. The summed E-state index contributed by atoms with van der Waals surface area (Å²) in [7, 11) is 2.81. The molecule has 1 aromatic carbocycles. The maximum absolute atomic E-state index is 12.3. The van der Waals surface area contributed by atoms with Crippen molar-refractivity contribution in [3.63, 3.8) is 0 Å². The highest BCUT2D eigenvalue weighted by Crippen LogP contribution is 2.12. The summed E-state index contributed by atoms with van der Waals surface area (Å²) in [6, 6.07) is 9.85. The normalized spacial score (nSPS) is 10.5. The number of methoxy groups -OCH3 is 1. The molecule has 9 heteroatoms. The summed E-state index contributed by atoms with van der Waals surface area (Å²) in [4.78, 5) is 37.0. The zero-order valence-corrected chi connectivity index (χ0v) is 14.1. The van der Waals surface area contributed by atoms with Crippen LogP contribution in [0, 0.1) is 0 Å². The van der Waals surface area contributed by atoms with Gasteiger partial charge in [-0.25, -0.2) is 4.79 Å². The second-order valence-corrected chi connectivity index (χ2v) is 5.37. The first kappa shape index (κ1) is 17.2. The van der Waals surface area contributed by atoms with E-state index in [1.807, 2.05) is 0 Å². The Bertz CT molecular complexity index is 1030. The summed E-state index contributed by atoms with van der Waals surface area (Å²) in [5.41, 5.74) is -1.44. The first-order valence-corrected chi connectivity index (χ1v) is 7.66. The van der Waals surface area contributed by atoms with E-state index in [0.717, 1.165) is 9.25 Å². The van der Waals surface area contributed by atoms with Gasteiger partial charge in [-0.3, -0.25) is 14.2 Å². The predicted molar refractivity (Wildman–Crippen MR) is 91.5 cm³/mol. The summed E-state index contributed by atoms with van der Waals surface area (Å²) in [5, 5.41) is 6.49. The largest absolute Gasteiger partial charge is 0.497 e. The van der Waals surface area contributed by atoms with Crippen molar-refractivity contribution < 1.29 is 13.9 Å². The Morgan fingerprint density at radius 3 is 2.58 bits per heavy atom. The van der Waals surface area contributed by atoms with Crippen LogP contribution in [0.25, 0.3) is 5.69 Å². The second-order valence-electron chi connectivity index (χ2n) is 5.37. The van der Waals surface area contributed by atoms with Crippen molar-refractivity contribution in [1.29, 1.82) is 0 Å². The number of nitrogens with one attached hydrogen (secondary N) is 1. The number of furan rings is 1. The summed E-state index contributed by atoms with van der Waals surface area (Å²) < 4.78 is 12.0. The molecule has 0 fully saturated rings. The Labute approximate surface area is 147 Å². The molecule has 2 aromatic heterocycles. The topological polar surface area (TPSA) is 108 Å². The summed E-state index contributed by atoms with van der Waals surface area (Å²) in [5.74, 6) is 0.422. The Hall–Kier alpha value is -3.62. The van der Waals surface area contributed by atoms with Crippen LogP contribution in [0.1, 0.15) is 16.2 Å². The van der Waals surface area contributed by atoms with Crippen LogP contribution in [-0.2, 0) is 13.6 Å². The van der Waals surface area contributed by atoms with Gasteiger partial charge in [0.05, 0.1) is 25.6 Å². The van der Waals surface area contributed by atoms with Crippen molar-refractivity contribution in [3.8, 4) is 11.4 Å². The van der Waals surface area contributed by atoms with Gasteiger partial charge in [0, 0.05) is 7.05 Å². The number of amides is 1. The molecule has 1 N–H and O–H groups in total. The quantitative estimate of drug-likeness (QED) is 0.712. The lowest BCUT2D eigenvalue weighted by Crippen LogP contribution is -2.44. The van der Waals surface area contributed by atoms with E-state index in [-0.39, 0.29) is 6.54 Å². The van der Waals surface area contributed by atoms with Gasteiger partial charge in [-0.05, 0) is 36.4 Å². The molecule has 3 aromatic rings. The predicted octanol–water partition coefficient (Wildman–Crippen LogP) is 0.463. The lowest BCUT2D eigenvalue weighted by atomic mass is 10.3. The first-order chi connectivity index (χ1) is 12.5. The molecule has 0 saturated heterocycles. The molecule has 0 bridgehead atoms. The minimum absolute atomic E-state index is 0.0956. The molecule has 26 heavy (non-hydrogen) atoms. The number of hydrogen-bond donors (Lipinski definition) is 1. The summed E-state index contributed by atoms with van der Waals surface area (Å²) in [6.45, 7) is 0.0956. The standard InChI is InChI=1S/C17H16N4O5/c1-20-16(23)14(15(22)18-10-13-4-3-9-26-13)19-21(17(20)24)11-5-7-12(25-2)8-6-11/h3-9H,10H2,1-2H3,(H,18,22). The highest BCUT2D eigenvalue weighted by molar-refractivity contribution is 5.91. The highest BCUT2D eigenvalue weighted by Gasteiger charge is 2.18. The van der Waals surface area contributed by atoms with E-state index >= 15 is 0 Å². The van der Waals surface area contributed by atoms with E-state index in [0.29, 0.717) is 17.2 Å². The average molecular weight is 356 g/mol. The van der Waals surface area contributed by atoms with E-state index in [1.165, 1.54) is 20.4 Å². The molecule has 0 atom stereocenters. The van der Waals surface area contributed by atoms with Gasteiger partial charge in [0.2, 0.25) is 5.69 Å². The van der Waals surface area contributed by atoms with E-state index < -0.39 is 22.9 Å². The van der Waals surface area contributed by atoms with Gasteiger partial charge in [0.25, 0.3) is 11.5 Å². The molecule has 0 radical (unpaired) electrons. The van der Waals surface area contributed by atoms with Crippen LogP contribution in [0.4, 0.5) is 0 Å². The molecule has 0 spiro atoms. The maximum Gasteiger partial charge on any atom is 0.351 e. The fourth-order valence-corrected chi connectivity index (χ4v) is 2.27. The lowest BCUT2D eigenvalue weighted by Gasteiger charge is -2.10. The van der Waals surface area contributed by atoms with Crippen molar-refractivity contribution in [2.75, 3.05) is 7.11 Å². The van der Waals surface area contributed by atoms with Gasteiger partial charge in [-0.1, -0.05) is 0 Å². The zero-order valence-electron chi connectivity index (χ0n) is 14.1. The Balaban J connectivity index is 1.97. The van der Waals surface area contributed by atoms with E-state index in [2.05, 4.69) is 10.4 Å². The average Bonchev–Trinajstić information content (AvgIpc) is 3.18. The number of hydrogen-bond acceptors (Lipinski definition) is 6. The third-order valence-corrected chi connectivity index (χ3v) is 3.71. The number of benzene rings is 1. The Morgan fingerprint density at radius 2 is 1.96 bits per heavy atom. The molecule has 0 unspecified atom stereocenters. The van der Waals surface area contributed by atoms with Gasteiger partial charge >= 0.3 is 5.69 Å². The van der Waals surface area contributed by atoms with Crippen molar-refractivity contribution in [2.24, 2.45) is 7.05 Å². The fraction of sp³-hybridized carbons (Fsp3) is 0.176. The molecule has 134 valence electrons. The van der Waals surface area contributed by atoms with Crippen LogP contribution >= 0.6 is 0 Å². The number of rotatable bonds is 5. The molecular formula is C17H16N4O5. The molecule has 0 aliphatic carbocycles. The third kappa shape index (κ3) is 3.27. The minimum atomic E-state index is -0.781. The molecule has 0 aliphatic heterocycles. The van der Waals surface area contributed by atoms with Gasteiger partial charge in [0.15, 0.2) is 0 Å². The minimum Gasteiger partial charge on any atom is -0.497 e. The number of ether oxygens (including phenoxy) is 1. The van der Waals surface area contributed by atoms with Gasteiger partial charge < -0.3 is 14.5 Å². The van der Waals surface area contributed by atoms with E-state index in [4.69, 9.17) is 9.15 Å². The molecule has 9 nitrogen and oxygen atoms in total. The molecular weight excluding hydrogens is 340 g/mol. The Kier molecular flexibility index (Phi) is 4.70. The van der Waals surface area contributed by atoms with Crippen LogP contribution in [0.5, 0.6) is 5.75 Å². The SMILES string of the molecule is COc1ccc(-n2nc(C(=O)NCc3ccco3)c(=O)n(C)c2=O)cc1. The Morgan fingerprint density at radius 1 is 1.23 bits per heavy atom. The first-order valence-electron chi connectivity index (χ1n) is 7.66. The monoisotopic (exact) mass is 356 g/mol. The molecule has 0 saturated carbocycles. The van der Waals surface area contributed by atoms with Gasteiger partial charge in [0.1, 0.15) is 11.5 Å². The van der Waals surface area contributed by atoms with Crippen LogP contribution < -0.4 is 21.3 Å².